The van der Waals surface area contributed by atoms with Crippen molar-refractivity contribution in [2.75, 3.05) is 0 Å². The number of rotatable bonds is 4. The van der Waals surface area contributed by atoms with Crippen LogP contribution >= 0.6 is 15.9 Å². The molecule has 0 bridgehead atoms. The van der Waals surface area contributed by atoms with Crippen LogP contribution in [0.3, 0.4) is 0 Å². The molecular weight excluding hydrogens is 324 g/mol. The Balaban J connectivity index is 1.86. The van der Waals surface area contributed by atoms with Crippen LogP contribution in [0.4, 0.5) is 0 Å². The minimum absolute atomic E-state index is 0.141. The fourth-order valence-electron chi connectivity index (χ4n) is 3.25. The van der Waals surface area contributed by atoms with Crippen LogP contribution in [0.1, 0.15) is 40.3 Å². The molecule has 1 aliphatic carbocycles. The van der Waals surface area contributed by atoms with Gasteiger partial charge in [0.1, 0.15) is 0 Å². The van der Waals surface area contributed by atoms with E-state index in [-0.39, 0.29) is 6.04 Å². The fourth-order valence-corrected chi connectivity index (χ4v) is 3.63. The normalized spacial score (nSPS) is 15.0. The quantitative estimate of drug-likeness (QED) is 0.649. The highest BCUT2D eigenvalue weighted by Gasteiger charge is 2.16. The smallest absolute Gasteiger partial charge is 0.0503 e. The Bertz CT molecular complexity index is 652. The van der Waals surface area contributed by atoms with Gasteiger partial charge in [-0.2, -0.15) is 0 Å². The van der Waals surface area contributed by atoms with E-state index in [1.165, 1.54) is 47.1 Å². The van der Waals surface area contributed by atoms with Crippen molar-refractivity contribution < 1.29 is 0 Å². The topological polar surface area (TPSA) is 38.0 Å². The van der Waals surface area contributed by atoms with E-state index in [4.69, 9.17) is 5.84 Å². The van der Waals surface area contributed by atoms with Gasteiger partial charge in [-0.1, -0.05) is 46.3 Å². The lowest BCUT2D eigenvalue weighted by atomic mass is 9.94. The van der Waals surface area contributed by atoms with Gasteiger partial charge in [-0.15, -0.1) is 0 Å². The average molecular weight is 345 g/mol. The fraction of sp³-hybridized carbons (Fsp3) is 0.333. The van der Waals surface area contributed by atoms with Crippen LogP contribution < -0.4 is 11.3 Å². The Morgan fingerprint density at radius 3 is 2.81 bits per heavy atom. The van der Waals surface area contributed by atoms with Crippen LogP contribution in [-0.2, 0) is 19.3 Å². The number of fused-ring (bicyclic) bond motifs is 1. The standard InChI is InChI=1S/C18H21BrN2/c1-12-16(6-3-7-17(12)19)18(21-20)11-13-8-9-14-4-2-5-15(14)10-13/h3,6-10,18,21H,2,4-5,11,20H2,1H3. The van der Waals surface area contributed by atoms with E-state index in [0.717, 1.165) is 10.9 Å². The summed E-state index contributed by atoms with van der Waals surface area (Å²) in [5.41, 5.74) is 9.89. The van der Waals surface area contributed by atoms with Crippen LogP contribution in [0.5, 0.6) is 0 Å². The van der Waals surface area contributed by atoms with E-state index in [9.17, 15) is 0 Å². The van der Waals surface area contributed by atoms with Crippen LogP contribution in [0.2, 0.25) is 0 Å². The van der Waals surface area contributed by atoms with Gasteiger partial charge in [-0.3, -0.25) is 11.3 Å². The summed E-state index contributed by atoms with van der Waals surface area (Å²) < 4.78 is 1.13. The molecule has 3 heteroatoms. The van der Waals surface area contributed by atoms with Gasteiger partial charge in [0.15, 0.2) is 0 Å². The molecule has 3 N–H and O–H groups in total. The maximum atomic E-state index is 5.82. The Labute approximate surface area is 134 Å². The third kappa shape index (κ3) is 3.05. The summed E-state index contributed by atoms with van der Waals surface area (Å²) in [6.07, 6.45) is 4.67. The minimum atomic E-state index is 0.141. The van der Waals surface area contributed by atoms with Crippen molar-refractivity contribution >= 4 is 15.9 Å². The van der Waals surface area contributed by atoms with Gasteiger partial charge in [-0.25, -0.2) is 0 Å². The lowest BCUT2D eigenvalue weighted by Gasteiger charge is -2.20. The molecule has 21 heavy (non-hydrogen) atoms. The second-order valence-corrected chi connectivity index (χ2v) is 6.69. The van der Waals surface area contributed by atoms with Crippen LogP contribution in [-0.4, -0.2) is 0 Å². The first kappa shape index (κ1) is 14.8. The summed E-state index contributed by atoms with van der Waals surface area (Å²) in [4.78, 5) is 0. The van der Waals surface area contributed by atoms with Crippen molar-refractivity contribution in [1.29, 1.82) is 0 Å². The summed E-state index contributed by atoms with van der Waals surface area (Å²) in [5.74, 6) is 5.82. The van der Waals surface area contributed by atoms with Gasteiger partial charge >= 0.3 is 0 Å². The first-order valence-electron chi connectivity index (χ1n) is 7.51. The Kier molecular flexibility index (Phi) is 4.43. The zero-order valence-corrected chi connectivity index (χ0v) is 13.9. The van der Waals surface area contributed by atoms with E-state index < -0.39 is 0 Å². The third-order valence-electron chi connectivity index (χ3n) is 4.49. The van der Waals surface area contributed by atoms with Crippen LogP contribution in [0.15, 0.2) is 40.9 Å². The molecule has 0 heterocycles. The van der Waals surface area contributed by atoms with Crippen molar-refractivity contribution in [2.45, 2.75) is 38.6 Å². The van der Waals surface area contributed by atoms with Crippen molar-refractivity contribution in [3.8, 4) is 0 Å². The summed E-state index contributed by atoms with van der Waals surface area (Å²) in [5, 5.41) is 0. The Morgan fingerprint density at radius 2 is 2.00 bits per heavy atom. The molecule has 0 amide bonds. The summed E-state index contributed by atoms with van der Waals surface area (Å²) >= 11 is 3.60. The van der Waals surface area contributed by atoms with E-state index in [0.29, 0.717) is 0 Å². The molecule has 1 atom stereocenters. The molecule has 0 saturated carbocycles. The molecule has 0 aromatic heterocycles. The Morgan fingerprint density at radius 1 is 1.19 bits per heavy atom. The van der Waals surface area contributed by atoms with Gasteiger partial charge in [0, 0.05) is 4.47 Å². The maximum Gasteiger partial charge on any atom is 0.0503 e. The molecule has 2 aromatic carbocycles. The lowest BCUT2D eigenvalue weighted by Crippen LogP contribution is -2.30. The average Bonchev–Trinajstić information content (AvgIpc) is 2.95. The molecule has 1 unspecified atom stereocenters. The van der Waals surface area contributed by atoms with E-state index in [1.54, 1.807) is 0 Å². The predicted octanol–water partition coefficient (Wildman–Crippen LogP) is 3.99. The van der Waals surface area contributed by atoms with Gasteiger partial charge < -0.3 is 0 Å². The highest BCUT2D eigenvalue weighted by Crippen LogP contribution is 2.28. The number of nitrogens with one attached hydrogen (secondary N) is 1. The molecular formula is C18H21BrN2. The Hall–Kier alpha value is -1.16. The molecule has 0 saturated heterocycles. The monoisotopic (exact) mass is 344 g/mol. The molecule has 0 fully saturated rings. The largest absolute Gasteiger partial charge is 0.271 e. The summed E-state index contributed by atoms with van der Waals surface area (Å²) in [6.45, 7) is 2.13. The summed E-state index contributed by atoms with van der Waals surface area (Å²) in [7, 11) is 0. The van der Waals surface area contributed by atoms with Gasteiger partial charge in [0.2, 0.25) is 0 Å². The number of nitrogens with two attached hydrogens (primary N) is 1. The minimum Gasteiger partial charge on any atom is -0.271 e. The van der Waals surface area contributed by atoms with Gasteiger partial charge in [-0.05, 0) is 66.5 Å². The SMILES string of the molecule is Cc1c(Br)cccc1C(Cc1ccc2c(c1)CCC2)NN. The zero-order valence-electron chi connectivity index (χ0n) is 12.3. The molecule has 2 nitrogen and oxygen atoms in total. The number of aryl methyl sites for hydroxylation is 2. The number of benzene rings is 2. The highest BCUT2D eigenvalue weighted by molar-refractivity contribution is 9.10. The van der Waals surface area contributed by atoms with Gasteiger partial charge in [0.05, 0.1) is 6.04 Å². The molecule has 0 radical (unpaired) electrons. The number of halogens is 1. The first-order valence-corrected chi connectivity index (χ1v) is 8.30. The van der Waals surface area contributed by atoms with Crippen molar-refractivity contribution in [2.24, 2.45) is 5.84 Å². The molecule has 0 aliphatic heterocycles. The number of hydrogen-bond donors (Lipinski definition) is 2. The molecule has 1 aliphatic rings. The highest BCUT2D eigenvalue weighted by atomic mass is 79.9. The van der Waals surface area contributed by atoms with Gasteiger partial charge in [0.25, 0.3) is 0 Å². The zero-order chi connectivity index (χ0) is 14.8. The van der Waals surface area contributed by atoms with Crippen molar-refractivity contribution in [3.05, 3.63) is 68.7 Å². The lowest BCUT2D eigenvalue weighted by molar-refractivity contribution is 0.549. The van der Waals surface area contributed by atoms with E-state index in [1.807, 2.05) is 0 Å². The molecule has 3 rings (SSSR count). The number of hydrogen-bond acceptors (Lipinski definition) is 2. The second kappa shape index (κ2) is 6.30. The number of hydrazine groups is 1. The molecule has 0 spiro atoms. The van der Waals surface area contributed by atoms with E-state index in [2.05, 4.69) is 64.7 Å². The third-order valence-corrected chi connectivity index (χ3v) is 5.35. The predicted molar refractivity (Wildman–Crippen MR) is 91.1 cm³/mol. The maximum absolute atomic E-state index is 5.82. The second-order valence-electron chi connectivity index (χ2n) is 5.83. The molecule has 2 aromatic rings. The first-order chi connectivity index (χ1) is 10.2. The van der Waals surface area contributed by atoms with Crippen LogP contribution in [0, 0.1) is 6.92 Å². The molecule has 110 valence electrons. The van der Waals surface area contributed by atoms with E-state index >= 15 is 0 Å². The van der Waals surface area contributed by atoms with Crippen LogP contribution in [0.25, 0.3) is 0 Å². The van der Waals surface area contributed by atoms with Crippen molar-refractivity contribution in [1.82, 2.24) is 5.43 Å². The van der Waals surface area contributed by atoms with Crippen molar-refractivity contribution in [3.63, 3.8) is 0 Å². The summed E-state index contributed by atoms with van der Waals surface area (Å²) in [6, 6.07) is 13.3.